The Bertz CT molecular complexity index is 446. The number of esters is 3. The molecule has 0 rings (SSSR count). The maximum atomic E-state index is 11.6. The molecule has 0 radical (unpaired) electrons. The van der Waals surface area contributed by atoms with E-state index in [0.29, 0.717) is 19.3 Å². The summed E-state index contributed by atoms with van der Waals surface area (Å²) in [5, 5.41) is 17.4. The fourth-order valence-corrected chi connectivity index (χ4v) is 1.44. The van der Waals surface area contributed by atoms with Gasteiger partial charge in [-0.15, -0.1) is 0 Å². The van der Waals surface area contributed by atoms with Crippen molar-refractivity contribution in [2.45, 2.75) is 51.7 Å². The Morgan fingerprint density at radius 3 is 2.16 bits per heavy atom. The minimum absolute atomic E-state index is 0.0561. The van der Waals surface area contributed by atoms with E-state index in [1.807, 2.05) is 0 Å². The Labute approximate surface area is 145 Å². The fourth-order valence-electron chi connectivity index (χ4n) is 1.44. The second-order valence-electron chi connectivity index (χ2n) is 5.03. The molecule has 0 aromatic heterocycles. The van der Waals surface area contributed by atoms with Crippen LogP contribution in [0.15, 0.2) is 0 Å². The van der Waals surface area contributed by atoms with Gasteiger partial charge in [-0.1, -0.05) is 6.42 Å². The molecule has 0 heterocycles. The first kappa shape index (κ1) is 22.8. The predicted molar refractivity (Wildman–Crippen MR) is 81.2 cm³/mol. The summed E-state index contributed by atoms with van der Waals surface area (Å²) in [7, 11) is 0. The third kappa shape index (κ3) is 11.9. The van der Waals surface area contributed by atoms with E-state index in [2.05, 4.69) is 9.47 Å². The van der Waals surface area contributed by atoms with Gasteiger partial charge in [0.2, 0.25) is 0 Å². The summed E-state index contributed by atoms with van der Waals surface area (Å²) in [6.45, 7) is 1.81. The number of carbonyl (C=O) groups excluding carboxylic acids is 4. The molecule has 10 heteroatoms. The molecular weight excluding hydrogens is 340 g/mol. The van der Waals surface area contributed by atoms with Gasteiger partial charge in [0.15, 0.2) is 6.10 Å². The van der Waals surface area contributed by atoms with Crippen molar-refractivity contribution >= 4 is 24.1 Å². The Balaban J connectivity index is 3.85. The second kappa shape index (κ2) is 13.1. The third-order valence-electron chi connectivity index (χ3n) is 2.75. The molecule has 0 aliphatic heterocycles. The lowest BCUT2D eigenvalue weighted by Crippen LogP contribution is -2.28. The second-order valence-corrected chi connectivity index (χ2v) is 5.03. The summed E-state index contributed by atoms with van der Waals surface area (Å²) < 4.78 is 18.2. The van der Waals surface area contributed by atoms with Crippen molar-refractivity contribution in [3.63, 3.8) is 0 Å². The number of ether oxygens (including phenoxy) is 4. The monoisotopic (exact) mass is 364 g/mol. The zero-order valence-electron chi connectivity index (χ0n) is 14.3. The van der Waals surface area contributed by atoms with Crippen LogP contribution in [0.1, 0.15) is 39.5 Å². The number of hydrogen-bond acceptors (Lipinski definition) is 10. The first-order valence-electron chi connectivity index (χ1n) is 7.81. The molecule has 0 saturated heterocycles. The minimum Gasteiger partial charge on any atom is -0.459 e. The van der Waals surface area contributed by atoms with Gasteiger partial charge >= 0.3 is 24.1 Å². The van der Waals surface area contributed by atoms with Crippen LogP contribution in [-0.2, 0) is 33.3 Å². The first-order valence-corrected chi connectivity index (χ1v) is 7.81. The largest absolute Gasteiger partial charge is 0.516 e. The number of rotatable bonds is 11. The summed E-state index contributed by atoms with van der Waals surface area (Å²) in [6, 6.07) is 0. The lowest BCUT2D eigenvalue weighted by Gasteiger charge is -2.13. The molecule has 0 fully saturated rings. The van der Waals surface area contributed by atoms with Crippen LogP contribution in [0, 0.1) is 0 Å². The van der Waals surface area contributed by atoms with E-state index in [1.54, 1.807) is 0 Å². The third-order valence-corrected chi connectivity index (χ3v) is 2.75. The minimum atomic E-state index is -1.47. The average Bonchev–Trinajstić information content (AvgIpc) is 2.55. The molecule has 2 unspecified atom stereocenters. The van der Waals surface area contributed by atoms with Crippen molar-refractivity contribution in [1.29, 1.82) is 0 Å². The van der Waals surface area contributed by atoms with Gasteiger partial charge in [0.25, 0.3) is 0 Å². The normalized spacial score (nSPS) is 12.6. The molecule has 0 bridgehead atoms. The lowest BCUT2D eigenvalue weighted by atomic mass is 10.2. The van der Waals surface area contributed by atoms with Crippen molar-refractivity contribution in [1.82, 2.24) is 0 Å². The number of aliphatic hydroxyl groups is 2. The van der Waals surface area contributed by atoms with Crippen LogP contribution in [0.2, 0.25) is 0 Å². The van der Waals surface area contributed by atoms with Crippen molar-refractivity contribution in [2.24, 2.45) is 0 Å². The van der Waals surface area contributed by atoms with E-state index < -0.39 is 36.3 Å². The van der Waals surface area contributed by atoms with E-state index >= 15 is 0 Å². The molecule has 0 aromatic rings. The van der Waals surface area contributed by atoms with Gasteiger partial charge < -0.3 is 29.2 Å². The van der Waals surface area contributed by atoms with E-state index in [1.165, 1.54) is 6.92 Å². The molecule has 2 N–H and O–H groups in total. The summed E-state index contributed by atoms with van der Waals surface area (Å²) in [5.74, 6) is -2.54. The van der Waals surface area contributed by atoms with Gasteiger partial charge in [0.05, 0.1) is 0 Å². The highest BCUT2D eigenvalue weighted by Crippen LogP contribution is 2.04. The maximum absolute atomic E-state index is 11.6. The topological polar surface area (TPSA) is 146 Å². The maximum Gasteiger partial charge on any atom is 0.516 e. The molecule has 25 heavy (non-hydrogen) atoms. The molecule has 10 nitrogen and oxygen atoms in total. The van der Waals surface area contributed by atoms with Gasteiger partial charge in [-0.2, -0.15) is 0 Å². The molecule has 0 aromatic carbocycles. The standard InChI is InChI=1S/C15H24O10/c1-10(17)13(19)25-15(21)23-9-8-22-14(20)11(2)24-12(18)6-4-3-5-7-16/h10-11,16-17H,3-9H2,1-2H3. The molecular formula is C15H24O10. The molecule has 0 amide bonds. The Hall–Kier alpha value is -2.20. The van der Waals surface area contributed by atoms with E-state index in [0.717, 1.165) is 6.92 Å². The zero-order valence-corrected chi connectivity index (χ0v) is 14.3. The molecule has 0 saturated carbocycles. The molecule has 0 aliphatic carbocycles. The zero-order chi connectivity index (χ0) is 19.2. The van der Waals surface area contributed by atoms with E-state index in [9.17, 15) is 19.2 Å². The quantitative estimate of drug-likeness (QED) is 0.223. The smallest absolute Gasteiger partial charge is 0.459 e. The highest BCUT2D eigenvalue weighted by atomic mass is 16.7. The van der Waals surface area contributed by atoms with Crippen LogP contribution in [0.5, 0.6) is 0 Å². The van der Waals surface area contributed by atoms with E-state index in [4.69, 9.17) is 19.7 Å². The van der Waals surface area contributed by atoms with Crippen LogP contribution in [-0.4, -0.2) is 66.3 Å². The number of carbonyl (C=O) groups is 4. The van der Waals surface area contributed by atoms with Crippen LogP contribution in [0.3, 0.4) is 0 Å². The van der Waals surface area contributed by atoms with Crippen molar-refractivity contribution in [3.05, 3.63) is 0 Å². The fraction of sp³-hybridized carbons (Fsp3) is 0.733. The van der Waals surface area contributed by atoms with Gasteiger partial charge in [-0.25, -0.2) is 14.4 Å². The van der Waals surface area contributed by atoms with Crippen LogP contribution >= 0.6 is 0 Å². The predicted octanol–water partition coefficient (Wildman–Crippen LogP) is 0.0746. The SMILES string of the molecule is CC(O)C(=O)OC(=O)OCCOC(=O)C(C)OC(=O)CCCCCO. The number of unbranched alkanes of at least 4 members (excludes halogenated alkanes) is 2. The van der Waals surface area contributed by atoms with Gasteiger partial charge in [-0.05, 0) is 26.7 Å². The summed E-state index contributed by atoms with van der Waals surface area (Å²) in [4.78, 5) is 44.9. The van der Waals surface area contributed by atoms with Gasteiger partial charge in [-0.3, -0.25) is 4.79 Å². The number of aliphatic hydroxyl groups excluding tert-OH is 2. The Kier molecular flexibility index (Phi) is 12.0. The van der Waals surface area contributed by atoms with E-state index in [-0.39, 0.29) is 26.2 Å². The van der Waals surface area contributed by atoms with Crippen LogP contribution in [0.25, 0.3) is 0 Å². The average molecular weight is 364 g/mol. The number of hydrogen-bond donors (Lipinski definition) is 2. The van der Waals surface area contributed by atoms with Gasteiger partial charge in [0.1, 0.15) is 19.3 Å². The first-order chi connectivity index (χ1) is 11.8. The molecule has 0 spiro atoms. The van der Waals surface area contributed by atoms with Gasteiger partial charge in [0, 0.05) is 13.0 Å². The lowest BCUT2D eigenvalue weighted by molar-refractivity contribution is -0.167. The van der Waals surface area contributed by atoms with Crippen LogP contribution < -0.4 is 0 Å². The Morgan fingerprint density at radius 2 is 1.56 bits per heavy atom. The van der Waals surface area contributed by atoms with Crippen LogP contribution in [0.4, 0.5) is 4.79 Å². The summed E-state index contributed by atoms with van der Waals surface area (Å²) >= 11 is 0. The molecule has 2 atom stereocenters. The summed E-state index contributed by atoms with van der Waals surface area (Å²) in [5.41, 5.74) is 0. The highest BCUT2D eigenvalue weighted by Gasteiger charge is 2.20. The molecule has 0 aliphatic rings. The Morgan fingerprint density at radius 1 is 0.920 bits per heavy atom. The highest BCUT2D eigenvalue weighted by molar-refractivity contribution is 5.84. The summed E-state index contributed by atoms with van der Waals surface area (Å²) in [6.07, 6.45) is -1.97. The molecule has 144 valence electrons. The van der Waals surface area contributed by atoms with Crippen molar-refractivity contribution < 1.29 is 48.3 Å². The van der Waals surface area contributed by atoms with Crippen molar-refractivity contribution in [2.75, 3.05) is 19.8 Å². The van der Waals surface area contributed by atoms with Crippen molar-refractivity contribution in [3.8, 4) is 0 Å².